The van der Waals surface area contributed by atoms with Gasteiger partial charge in [-0.15, -0.1) is 0 Å². The lowest BCUT2D eigenvalue weighted by Gasteiger charge is -1.90. The van der Waals surface area contributed by atoms with Gasteiger partial charge in [0.05, 0.1) is 0 Å². The lowest BCUT2D eigenvalue weighted by atomic mass is 10.5. The maximum Gasteiger partial charge on any atom is 0.151 e. The molecule has 3 N–H and O–H groups in total. The summed E-state index contributed by atoms with van der Waals surface area (Å²) in [7, 11) is 0. The molecule has 0 spiro atoms. The predicted octanol–water partition coefficient (Wildman–Crippen LogP) is 0.0958. The van der Waals surface area contributed by atoms with Gasteiger partial charge in [-0.3, -0.25) is 0 Å². The Kier molecular flexibility index (Phi) is 14.0. The van der Waals surface area contributed by atoms with Crippen LogP contribution >= 0.6 is 0 Å². The van der Waals surface area contributed by atoms with Crippen LogP contribution in [0.1, 0.15) is 26.7 Å². The van der Waals surface area contributed by atoms with E-state index in [0.717, 1.165) is 6.42 Å². The number of aliphatic hydroxyl groups is 3. The van der Waals surface area contributed by atoms with Crippen molar-refractivity contribution in [1.82, 2.24) is 0 Å². The fourth-order valence-electron chi connectivity index (χ4n) is 0. The van der Waals surface area contributed by atoms with Crippen LogP contribution in [-0.4, -0.2) is 28.2 Å². The van der Waals surface area contributed by atoms with Crippen molar-refractivity contribution < 1.29 is 15.3 Å². The lowest BCUT2D eigenvalue weighted by molar-refractivity contribution is -0.0413. The summed E-state index contributed by atoms with van der Waals surface area (Å²) >= 11 is 0. The van der Waals surface area contributed by atoms with Crippen LogP contribution in [0.25, 0.3) is 0 Å². The van der Waals surface area contributed by atoms with E-state index in [9.17, 15) is 0 Å². The van der Waals surface area contributed by atoms with Gasteiger partial charge in [0.2, 0.25) is 0 Å². The van der Waals surface area contributed by atoms with Gasteiger partial charge in [0.1, 0.15) is 0 Å². The van der Waals surface area contributed by atoms with Crippen LogP contribution in [0.2, 0.25) is 0 Å². The molecule has 58 valence electrons. The first-order chi connectivity index (χ1) is 4.18. The summed E-state index contributed by atoms with van der Waals surface area (Å²) in [6, 6.07) is 0. The quantitative estimate of drug-likeness (QED) is 0.472. The van der Waals surface area contributed by atoms with Gasteiger partial charge in [-0.2, -0.15) is 0 Å². The molecule has 0 aliphatic heterocycles. The molecule has 0 rings (SSSR count). The van der Waals surface area contributed by atoms with Crippen molar-refractivity contribution in [3.8, 4) is 0 Å². The Morgan fingerprint density at radius 3 is 1.44 bits per heavy atom. The van der Waals surface area contributed by atoms with Crippen LogP contribution in [0.3, 0.4) is 0 Å². The number of rotatable bonds is 2. The van der Waals surface area contributed by atoms with Crippen LogP contribution in [0, 0.1) is 0 Å². The average molecular weight is 136 g/mol. The average Bonchev–Trinajstić information content (AvgIpc) is 1.89. The summed E-state index contributed by atoms with van der Waals surface area (Å²) in [5.74, 6) is 0. The van der Waals surface area contributed by atoms with Gasteiger partial charge in [0, 0.05) is 6.61 Å². The molecular weight excluding hydrogens is 120 g/mol. The van der Waals surface area contributed by atoms with Crippen molar-refractivity contribution in [3.63, 3.8) is 0 Å². The normalized spacial score (nSPS) is 8.67. The Bertz CT molecular complexity index is 35.3. The van der Waals surface area contributed by atoms with Crippen LogP contribution in [-0.2, 0) is 0 Å². The minimum atomic E-state index is -1.12. The molecule has 0 amide bonds. The molecule has 0 aliphatic carbocycles. The molecule has 0 fully saturated rings. The first-order valence-electron chi connectivity index (χ1n) is 3.16. The Labute approximate surface area is 56.0 Å². The molecule has 0 bridgehead atoms. The van der Waals surface area contributed by atoms with E-state index in [0.29, 0.717) is 13.0 Å². The molecule has 9 heavy (non-hydrogen) atoms. The molecular formula is C6H16O3. The monoisotopic (exact) mass is 136 g/mol. The smallest absolute Gasteiger partial charge is 0.151 e. The largest absolute Gasteiger partial charge is 0.396 e. The zero-order valence-corrected chi connectivity index (χ0v) is 6.04. The second-order valence-electron chi connectivity index (χ2n) is 1.61. The highest BCUT2D eigenvalue weighted by Crippen LogP contribution is 1.77. The highest BCUT2D eigenvalue weighted by molar-refractivity contribution is 4.21. The van der Waals surface area contributed by atoms with Gasteiger partial charge in [0.25, 0.3) is 0 Å². The molecule has 0 aliphatic rings. The van der Waals surface area contributed by atoms with Gasteiger partial charge in [0.15, 0.2) is 6.29 Å². The fourth-order valence-corrected chi connectivity index (χ4v) is 0. The van der Waals surface area contributed by atoms with Crippen LogP contribution in [0.15, 0.2) is 0 Å². The maximum atomic E-state index is 7.92. The molecule has 0 aromatic rings. The molecule has 0 saturated heterocycles. The molecule has 0 unspecified atom stereocenters. The predicted molar refractivity (Wildman–Crippen MR) is 35.9 cm³/mol. The first kappa shape index (κ1) is 11.6. The van der Waals surface area contributed by atoms with Gasteiger partial charge in [-0.1, -0.05) is 13.8 Å². The fraction of sp³-hybridized carbons (Fsp3) is 1.00. The molecule has 3 nitrogen and oxygen atoms in total. The van der Waals surface area contributed by atoms with Crippen LogP contribution in [0.4, 0.5) is 0 Å². The lowest BCUT2D eigenvalue weighted by Crippen LogP contribution is -1.99. The second kappa shape index (κ2) is 10.8. The summed E-state index contributed by atoms with van der Waals surface area (Å²) in [5.41, 5.74) is 0. The molecule has 0 saturated carbocycles. The molecule has 0 aromatic carbocycles. The van der Waals surface area contributed by atoms with E-state index in [2.05, 4.69) is 0 Å². The van der Waals surface area contributed by atoms with Crippen LogP contribution < -0.4 is 0 Å². The molecule has 0 radical (unpaired) electrons. The van der Waals surface area contributed by atoms with E-state index in [1.807, 2.05) is 6.92 Å². The third-order valence-corrected chi connectivity index (χ3v) is 0.589. The number of hydrogen-bond donors (Lipinski definition) is 3. The maximum absolute atomic E-state index is 7.92. The van der Waals surface area contributed by atoms with E-state index in [1.54, 1.807) is 6.92 Å². The van der Waals surface area contributed by atoms with Crippen molar-refractivity contribution in [2.45, 2.75) is 33.0 Å². The van der Waals surface area contributed by atoms with Crippen molar-refractivity contribution >= 4 is 0 Å². The van der Waals surface area contributed by atoms with Gasteiger partial charge in [-0.25, -0.2) is 0 Å². The highest BCUT2D eigenvalue weighted by atomic mass is 16.5. The zero-order chi connectivity index (χ0) is 7.70. The molecule has 0 heterocycles. The topological polar surface area (TPSA) is 60.7 Å². The van der Waals surface area contributed by atoms with Crippen LogP contribution in [0.5, 0.6) is 0 Å². The zero-order valence-electron chi connectivity index (χ0n) is 6.04. The molecule has 0 aromatic heterocycles. The Morgan fingerprint density at radius 2 is 1.44 bits per heavy atom. The first-order valence-corrected chi connectivity index (χ1v) is 3.16. The van der Waals surface area contributed by atoms with Crippen molar-refractivity contribution in [2.24, 2.45) is 0 Å². The van der Waals surface area contributed by atoms with Gasteiger partial charge < -0.3 is 15.3 Å². The second-order valence-corrected chi connectivity index (χ2v) is 1.61. The Hall–Kier alpha value is -0.120. The van der Waals surface area contributed by atoms with Crippen molar-refractivity contribution in [2.75, 3.05) is 6.61 Å². The van der Waals surface area contributed by atoms with Crippen molar-refractivity contribution in [3.05, 3.63) is 0 Å². The van der Waals surface area contributed by atoms with Crippen molar-refractivity contribution in [1.29, 1.82) is 0 Å². The summed E-state index contributed by atoms with van der Waals surface area (Å²) in [5, 5.41) is 23.7. The minimum absolute atomic E-state index is 0.319. The standard InChI is InChI=1S/C3H8O2.C3H8O/c1-2-3(4)5;1-2-3-4/h3-5H,2H2,1H3;4H,2-3H2,1H3. The van der Waals surface area contributed by atoms with Gasteiger partial charge in [-0.05, 0) is 12.8 Å². The SMILES string of the molecule is CCC(O)O.CCCO. The third kappa shape index (κ3) is 32.8. The minimum Gasteiger partial charge on any atom is -0.396 e. The number of aliphatic hydroxyl groups excluding tert-OH is 2. The van der Waals surface area contributed by atoms with E-state index in [1.165, 1.54) is 0 Å². The summed E-state index contributed by atoms with van der Waals surface area (Å²) in [4.78, 5) is 0. The van der Waals surface area contributed by atoms with E-state index < -0.39 is 6.29 Å². The number of hydrogen-bond acceptors (Lipinski definition) is 3. The molecule has 3 heteroatoms. The Morgan fingerprint density at radius 1 is 1.22 bits per heavy atom. The van der Waals surface area contributed by atoms with E-state index in [4.69, 9.17) is 15.3 Å². The van der Waals surface area contributed by atoms with Gasteiger partial charge >= 0.3 is 0 Å². The highest BCUT2D eigenvalue weighted by Gasteiger charge is 1.83. The summed E-state index contributed by atoms with van der Waals surface area (Å²) in [6.45, 7) is 3.95. The summed E-state index contributed by atoms with van der Waals surface area (Å²) < 4.78 is 0. The third-order valence-electron chi connectivity index (χ3n) is 0.589. The Balaban J connectivity index is 0. The van der Waals surface area contributed by atoms with E-state index >= 15 is 0 Å². The van der Waals surface area contributed by atoms with E-state index in [-0.39, 0.29) is 0 Å². The molecule has 0 atom stereocenters. The summed E-state index contributed by atoms with van der Waals surface area (Å²) in [6.07, 6.45) is 0.176.